The van der Waals surface area contributed by atoms with Crippen LogP contribution in [0.3, 0.4) is 0 Å². The molecule has 2 atom stereocenters. The molecule has 1 aromatic heterocycles. The SMILES string of the molecule is O=C(O)[C@H]1CN(C(=O)c2ccn(-c3ccccc3[N+](=O)[O-])n2)C[C@@H]1C1CC1. The van der Waals surface area contributed by atoms with Gasteiger partial charge in [-0.2, -0.15) is 5.10 Å². The van der Waals surface area contributed by atoms with Gasteiger partial charge in [0.1, 0.15) is 5.69 Å². The third kappa shape index (κ3) is 3.16. The number of aliphatic carboxylic acids is 1. The third-order valence-corrected chi connectivity index (χ3v) is 5.33. The van der Waals surface area contributed by atoms with Gasteiger partial charge < -0.3 is 10.0 Å². The normalized spacial score (nSPS) is 22.0. The molecule has 1 aromatic carbocycles. The second-order valence-electron chi connectivity index (χ2n) is 7.05. The number of rotatable bonds is 5. The predicted octanol–water partition coefficient (Wildman–Crippen LogP) is 1.96. The van der Waals surface area contributed by atoms with E-state index in [4.69, 9.17) is 0 Å². The number of likely N-dealkylation sites (tertiary alicyclic amines) is 1. The Morgan fingerprint density at radius 1 is 1.19 bits per heavy atom. The molecular formula is C18H18N4O5. The standard InChI is InChI=1S/C18H18N4O5/c23-17(20-9-12(11-5-6-11)13(10-20)18(24)25)14-7-8-21(19-14)15-3-1-2-4-16(15)22(26)27/h1-4,7-8,11-13H,5-6,9-10H2,(H,24,25)/t12-,13+/m1/s1. The van der Waals surface area contributed by atoms with Gasteiger partial charge >= 0.3 is 5.97 Å². The summed E-state index contributed by atoms with van der Waals surface area (Å²) >= 11 is 0. The zero-order valence-corrected chi connectivity index (χ0v) is 14.4. The fraction of sp³-hybridized carbons (Fsp3) is 0.389. The number of amides is 1. The molecule has 1 N–H and O–H groups in total. The van der Waals surface area contributed by atoms with Crippen molar-refractivity contribution in [3.05, 3.63) is 52.3 Å². The number of carboxylic acid groups (broad SMARTS) is 1. The van der Waals surface area contributed by atoms with Crippen LogP contribution in [0.1, 0.15) is 23.3 Å². The van der Waals surface area contributed by atoms with Crippen molar-refractivity contribution in [2.24, 2.45) is 17.8 Å². The van der Waals surface area contributed by atoms with Gasteiger partial charge in [-0.05, 0) is 36.8 Å². The first-order valence-corrected chi connectivity index (χ1v) is 8.77. The first-order valence-electron chi connectivity index (χ1n) is 8.77. The molecule has 2 aliphatic rings. The maximum Gasteiger partial charge on any atom is 0.308 e. The molecule has 0 radical (unpaired) electrons. The van der Waals surface area contributed by atoms with Crippen LogP contribution in [0.4, 0.5) is 5.69 Å². The summed E-state index contributed by atoms with van der Waals surface area (Å²) in [5.41, 5.74) is 0.302. The minimum absolute atomic E-state index is 0.0104. The topological polar surface area (TPSA) is 119 Å². The van der Waals surface area contributed by atoms with Gasteiger partial charge in [-0.15, -0.1) is 0 Å². The minimum Gasteiger partial charge on any atom is -0.481 e. The molecule has 1 amide bonds. The van der Waals surface area contributed by atoms with Crippen molar-refractivity contribution in [3.8, 4) is 5.69 Å². The van der Waals surface area contributed by atoms with E-state index >= 15 is 0 Å². The lowest BCUT2D eigenvalue weighted by atomic mass is 9.92. The van der Waals surface area contributed by atoms with Crippen LogP contribution in [-0.2, 0) is 4.79 Å². The van der Waals surface area contributed by atoms with Crippen molar-refractivity contribution in [2.75, 3.05) is 13.1 Å². The maximum atomic E-state index is 12.8. The zero-order valence-electron chi connectivity index (χ0n) is 14.4. The van der Waals surface area contributed by atoms with E-state index in [1.165, 1.54) is 27.9 Å². The molecule has 4 rings (SSSR count). The molecule has 1 aliphatic carbocycles. The van der Waals surface area contributed by atoms with E-state index in [-0.39, 0.29) is 35.4 Å². The Kier molecular flexibility index (Phi) is 4.14. The first kappa shape index (κ1) is 17.2. The highest BCUT2D eigenvalue weighted by molar-refractivity contribution is 5.93. The van der Waals surface area contributed by atoms with Crippen LogP contribution in [0, 0.1) is 27.9 Å². The van der Waals surface area contributed by atoms with Crippen molar-refractivity contribution >= 4 is 17.6 Å². The van der Waals surface area contributed by atoms with Gasteiger partial charge in [0.2, 0.25) is 0 Å². The molecule has 9 heteroatoms. The van der Waals surface area contributed by atoms with E-state index < -0.39 is 16.8 Å². The number of carbonyl (C=O) groups is 2. The number of nitro benzene ring substituents is 1. The smallest absolute Gasteiger partial charge is 0.308 e. The van der Waals surface area contributed by atoms with Crippen molar-refractivity contribution in [3.63, 3.8) is 0 Å². The Hall–Kier alpha value is -3.23. The van der Waals surface area contributed by atoms with E-state index in [1.54, 1.807) is 18.2 Å². The summed E-state index contributed by atoms with van der Waals surface area (Å²) in [6.45, 7) is 0.590. The lowest BCUT2D eigenvalue weighted by Crippen LogP contribution is -2.30. The average Bonchev–Trinajstić information content (AvgIpc) is 3.21. The number of carboxylic acids is 1. The largest absolute Gasteiger partial charge is 0.481 e. The van der Waals surface area contributed by atoms with Crippen LogP contribution in [-0.4, -0.2) is 49.7 Å². The molecule has 1 saturated carbocycles. The molecule has 1 aliphatic heterocycles. The number of nitro groups is 1. The molecule has 9 nitrogen and oxygen atoms in total. The first-order chi connectivity index (χ1) is 13.0. The Morgan fingerprint density at radius 2 is 1.93 bits per heavy atom. The van der Waals surface area contributed by atoms with E-state index in [9.17, 15) is 24.8 Å². The van der Waals surface area contributed by atoms with Crippen molar-refractivity contribution < 1.29 is 19.6 Å². The Morgan fingerprint density at radius 3 is 2.59 bits per heavy atom. The summed E-state index contributed by atoms with van der Waals surface area (Å²) in [7, 11) is 0. The lowest BCUT2D eigenvalue weighted by Gasteiger charge is -2.14. The highest BCUT2D eigenvalue weighted by atomic mass is 16.6. The Balaban J connectivity index is 1.56. The van der Waals surface area contributed by atoms with Gasteiger partial charge in [-0.3, -0.25) is 19.7 Å². The van der Waals surface area contributed by atoms with E-state index in [0.717, 1.165) is 12.8 Å². The number of hydrogen-bond acceptors (Lipinski definition) is 5. The zero-order chi connectivity index (χ0) is 19.1. The van der Waals surface area contributed by atoms with Crippen LogP contribution < -0.4 is 0 Å². The molecule has 2 fully saturated rings. The molecule has 2 heterocycles. The molecular weight excluding hydrogens is 352 g/mol. The van der Waals surface area contributed by atoms with E-state index in [0.29, 0.717) is 12.5 Å². The van der Waals surface area contributed by atoms with Crippen molar-refractivity contribution in [2.45, 2.75) is 12.8 Å². The summed E-state index contributed by atoms with van der Waals surface area (Å²) in [6.07, 6.45) is 3.53. The van der Waals surface area contributed by atoms with Crippen LogP contribution in [0.25, 0.3) is 5.69 Å². The second-order valence-corrected chi connectivity index (χ2v) is 7.05. The summed E-state index contributed by atoms with van der Waals surface area (Å²) in [5.74, 6) is -1.38. The Labute approximate surface area is 154 Å². The highest BCUT2D eigenvalue weighted by Gasteiger charge is 2.47. The third-order valence-electron chi connectivity index (χ3n) is 5.33. The van der Waals surface area contributed by atoms with Gasteiger partial charge in [0.25, 0.3) is 11.6 Å². The maximum absolute atomic E-state index is 12.8. The molecule has 2 aromatic rings. The monoisotopic (exact) mass is 370 g/mol. The summed E-state index contributed by atoms with van der Waals surface area (Å²) in [6, 6.07) is 7.64. The molecule has 27 heavy (non-hydrogen) atoms. The van der Waals surface area contributed by atoms with Gasteiger partial charge in [0, 0.05) is 25.4 Å². The molecule has 0 spiro atoms. The fourth-order valence-corrected chi connectivity index (χ4v) is 3.80. The van der Waals surface area contributed by atoms with Gasteiger partial charge in [-0.1, -0.05) is 12.1 Å². The van der Waals surface area contributed by atoms with E-state index in [1.807, 2.05) is 0 Å². The van der Waals surface area contributed by atoms with Gasteiger partial charge in [0.15, 0.2) is 5.69 Å². The Bertz CT molecular complexity index is 920. The van der Waals surface area contributed by atoms with Crippen LogP contribution in [0.2, 0.25) is 0 Å². The van der Waals surface area contributed by atoms with Gasteiger partial charge in [0.05, 0.1) is 10.8 Å². The van der Waals surface area contributed by atoms with Crippen LogP contribution in [0.15, 0.2) is 36.5 Å². The number of carbonyl (C=O) groups excluding carboxylic acids is 1. The molecule has 0 unspecified atom stereocenters. The van der Waals surface area contributed by atoms with Crippen LogP contribution in [0.5, 0.6) is 0 Å². The number of hydrogen-bond donors (Lipinski definition) is 1. The van der Waals surface area contributed by atoms with Crippen LogP contribution >= 0.6 is 0 Å². The predicted molar refractivity (Wildman–Crippen MR) is 93.5 cm³/mol. The number of aromatic nitrogens is 2. The minimum atomic E-state index is -0.868. The highest BCUT2D eigenvalue weighted by Crippen LogP contribution is 2.44. The molecule has 140 valence electrons. The summed E-state index contributed by atoms with van der Waals surface area (Å²) in [5, 5.41) is 24.8. The summed E-state index contributed by atoms with van der Waals surface area (Å²) < 4.78 is 1.30. The second kappa shape index (κ2) is 6.49. The average molecular weight is 370 g/mol. The fourth-order valence-electron chi connectivity index (χ4n) is 3.80. The molecule has 1 saturated heterocycles. The number of benzene rings is 1. The number of nitrogens with zero attached hydrogens (tertiary/aromatic N) is 4. The van der Waals surface area contributed by atoms with E-state index in [2.05, 4.69) is 5.10 Å². The summed E-state index contributed by atoms with van der Waals surface area (Å²) in [4.78, 5) is 36.5. The van der Waals surface area contributed by atoms with Gasteiger partial charge in [-0.25, -0.2) is 4.68 Å². The van der Waals surface area contributed by atoms with Crippen molar-refractivity contribution in [1.29, 1.82) is 0 Å². The lowest BCUT2D eigenvalue weighted by molar-refractivity contribution is -0.384. The number of para-hydroxylation sites is 2. The molecule has 0 bridgehead atoms. The quantitative estimate of drug-likeness (QED) is 0.635. The van der Waals surface area contributed by atoms with Crippen molar-refractivity contribution in [1.82, 2.24) is 14.7 Å².